The van der Waals surface area contributed by atoms with Gasteiger partial charge in [-0.2, -0.15) is 0 Å². The molecule has 0 spiro atoms. The Morgan fingerprint density at radius 1 is 1.45 bits per heavy atom. The summed E-state index contributed by atoms with van der Waals surface area (Å²) in [6.45, 7) is 5.46. The Morgan fingerprint density at radius 3 is 2.18 bits per heavy atom. The average molecular weight is 159 g/mol. The monoisotopic (exact) mass is 159 g/mol. The first kappa shape index (κ1) is 10.4. The minimum absolute atomic E-state index is 0.291. The van der Waals surface area contributed by atoms with Gasteiger partial charge in [0.2, 0.25) is 0 Å². The fourth-order valence-electron chi connectivity index (χ4n) is 1.04. The molecule has 11 heavy (non-hydrogen) atoms. The number of nitrogens with two attached hydrogens (primary N) is 1. The van der Waals surface area contributed by atoms with Crippen LogP contribution in [0, 0.1) is 5.92 Å². The second kappa shape index (κ2) is 5.13. The van der Waals surface area contributed by atoms with Crippen molar-refractivity contribution in [1.82, 2.24) is 0 Å². The summed E-state index contributed by atoms with van der Waals surface area (Å²) in [5, 5.41) is 0. The molecule has 0 aromatic carbocycles. The van der Waals surface area contributed by atoms with E-state index in [1.165, 1.54) is 6.92 Å². The van der Waals surface area contributed by atoms with E-state index in [0.29, 0.717) is 5.92 Å². The van der Waals surface area contributed by atoms with Crippen LogP contribution in [0.1, 0.15) is 33.6 Å². The molecule has 0 saturated carbocycles. The first-order chi connectivity index (χ1) is 5.11. The standard InChI is InChI=1S/C8H17NO2/c1-4-7(5-2)8(9)11-6(3)10/h7-8H,4-5,9H2,1-3H3. The van der Waals surface area contributed by atoms with Crippen molar-refractivity contribution >= 4 is 5.97 Å². The zero-order valence-corrected chi connectivity index (χ0v) is 7.46. The molecule has 0 aliphatic carbocycles. The van der Waals surface area contributed by atoms with E-state index in [2.05, 4.69) is 0 Å². The van der Waals surface area contributed by atoms with E-state index in [1.54, 1.807) is 0 Å². The molecule has 0 radical (unpaired) electrons. The highest BCUT2D eigenvalue weighted by molar-refractivity contribution is 5.66. The molecule has 0 saturated heterocycles. The zero-order valence-electron chi connectivity index (χ0n) is 7.46. The summed E-state index contributed by atoms with van der Waals surface area (Å²) in [7, 11) is 0. The Labute approximate surface area is 67.9 Å². The largest absolute Gasteiger partial charge is 0.447 e. The summed E-state index contributed by atoms with van der Waals surface area (Å²) in [6.07, 6.45) is 1.47. The van der Waals surface area contributed by atoms with Crippen LogP contribution in [0.2, 0.25) is 0 Å². The van der Waals surface area contributed by atoms with Crippen LogP contribution in [0.4, 0.5) is 0 Å². The van der Waals surface area contributed by atoms with Gasteiger partial charge in [-0.25, -0.2) is 0 Å². The lowest BCUT2D eigenvalue weighted by atomic mass is 10.0. The summed E-state index contributed by atoms with van der Waals surface area (Å²) in [6, 6.07) is 0. The number of hydrogen-bond donors (Lipinski definition) is 1. The van der Waals surface area contributed by atoms with Gasteiger partial charge in [-0.1, -0.05) is 13.8 Å². The van der Waals surface area contributed by atoms with Gasteiger partial charge in [0.25, 0.3) is 0 Å². The van der Waals surface area contributed by atoms with Crippen molar-refractivity contribution in [1.29, 1.82) is 0 Å². The molecule has 0 aromatic heterocycles. The Balaban J connectivity index is 3.78. The lowest BCUT2D eigenvalue weighted by Gasteiger charge is -2.20. The molecule has 66 valence electrons. The molecule has 0 aromatic rings. The van der Waals surface area contributed by atoms with Crippen LogP contribution in [0.3, 0.4) is 0 Å². The third-order valence-electron chi connectivity index (χ3n) is 1.82. The molecule has 0 rings (SSSR count). The molecule has 0 heterocycles. The topological polar surface area (TPSA) is 52.3 Å². The van der Waals surface area contributed by atoms with E-state index in [1.807, 2.05) is 13.8 Å². The minimum Gasteiger partial charge on any atom is -0.447 e. The van der Waals surface area contributed by atoms with Crippen molar-refractivity contribution in [2.75, 3.05) is 0 Å². The summed E-state index contributed by atoms with van der Waals surface area (Å²) < 4.78 is 4.83. The molecule has 2 N–H and O–H groups in total. The number of carbonyl (C=O) groups excluding carboxylic acids is 1. The van der Waals surface area contributed by atoms with Crippen LogP contribution in [0.5, 0.6) is 0 Å². The molecule has 1 atom stereocenters. The maximum atomic E-state index is 10.5. The highest BCUT2D eigenvalue weighted by Gasteiger charge is 2.15. The van der Waals surface area contributed by atoms with Gasteiger partial charge >= 0.3 is 5.97 Å². The molecular formula is C8H17NO2. The fourth-order valence-corrected chi connectivity index (χ4v) is 1.04. The van der Waals surface area contributed by atoms with Gasteiger partial charge in [0.15, 0.2) is 6.23 Å². The summed E-state index contributed by atoms with van der Waals surface area (Å²) in [4.78, 5) is 10.5. The summed E-state index contributed by atoms with van der Waals surface area (Å²) in [5.41, 5.74) is 5.60. The van der Waals surface area contributed by atoms with Gasteiger partial charge in [0, 0.05) is 12.8 Å². The maximum absolute atomic E-state index is 10.5. The maximum Gasteiger partial charge on any atom is 0.304 e. The lowest BCUT2D eigenvalue weighted by Crippen LogP contribution is -2.33. The van der Waals surface area contributed by atoms with E-state index in [0.717, 1.165) is 12.8 Å². The number of esters is 1. The third kappa shape index (κ3) is 3.98. The first-order valence-corrected chi connectivity index (χ1v) is 4.04. The Kier molecular flexibility index (Phi) is 4.86. The highest BCUT2D eigenvalue weighted by Crippen LogP contribution is 2.11. The highest BCUT2D eigenvalue weighted by atomic mass is 16.6. The van der Waals surface area contributed by atoms with Gasteiger partial charge in [-0.3, -0.25) is 10.5 Å². The number of carbonyl (C=O) groups is 1. The normalized spacial score (nSPS) is 13.2. The van der Waals surface area contributed by atoms with Crippen molar-refractivity contribution in [2.24, 2.45) is 11.7 Å². The molecular weight excluding hydrogens is 142 g/mol. The van der Waals surface area contributed by atoms with Crippen LogP contribution in [-0.2, 0) is 9.53 Å². The van der Waals surface area contributed by atoms with Crippen LogP contribution in [-0.4, -0.2) is 12.2 Å². The molecule has 0 amide bonds. The molecule has 0 aliphatic heterocycles. The van der Waals surface area contributed by atoms with Crippen molar-refractivity contribution in [3.63, 3.8) is 0 Å². The van der Waals surface area contributed by atoms with Crippen molar-refractivity contribution in [3.05, 3.63) is 0 Å². The van der Waals surface area contributed by atoms with Crippen molar-refractivity contribution < 1.29 is 9.53 Å². The van der Waals surface area contributed by atoms with Crippen LogP contribution in [0.15, 0.2) is 0 Å². The molecule has 0 fully saturated rings. The van der Waals surface area contributed by atoms with Gasteiger partial charge in [-0.15, -0.1) is 0 Å². The van der Waals surface area contributed by atoms with E-state index >= 15 is 0 Å². The molecule has 1 unspecified atom stereocenters. The van der Waals surface area contributed by atoms with Crippen molar-refractivity contribution in [3.8, 4) is 0 Å². The smallest absolute Gasteiger partial charge is 0.304 e. The Bertz CT molecular complexity index is 121. The molecule has 3 heteroatoms. The van der Waals surface area contributed by atoms with Gasteiger partial charge < -0.3 is 4.74 Å². The van der Waals surface area contributed by atoms with E-state index in [-0.39, 0.29) is 5.97 Å². The van der Waals surface area contributed by atoms with E-state index < -0.39 is 6.23 Å². The number of ether oxygens (including phenoxy) is 1. The Morgan fingerprint density at radius 2 is 1.91 bits per heavy atom. The lowest BCUT2D eigenvalue weighted by molar-refractivity contribution is -0.148. The predicted molar refractivity (Wildman–Crippen MR) is 43.8 cm³/mol. The van der Waals surface area contributed by atoms with E-state index in [4.69, 9.17) is 10.5 Å². The SMILES string of the molecule is CCC(CC)C(N)OC(C)=O. The predicted octanol–water partition coefficient (Wildman–Crippen LogP) is 1.27. The number of rotatable bonds is 4. The summed E-state index contributed by atoms with van der Waals surface area (Å²) in [5.74, 6) is -0.0108. The van der Waals surface area contributed by atoms with Crippen LogP contribution >= 0.6 is 0 Å². The Hall–Kier alpha value is -0.570. The molecule has 0 bridgehead atoms. The third-order valence-corrected chi connectivity index (χ3v) is 1.82. The number of hydrogen-bond acceptors (Lipinski definition) is 3. The van der Waals surface area contributed by atoms with Gasteiger partial charge in [0.1, 0.15) is 0 Å². The summed E-state index contributed by atoms with van der Waals surface area (Å²) >= 11 is 0. The average Bonchev–Trinajstić information content (AvgIpc) is 1.88. The second-order valence-electron chi connectivity index (χ2n) is 2.65. The quantitative estimate of drug-likeness (QED) is 0.496. The molecule has 0 aliphatic rings. The second-order valence-corrected chi connectivity index (χ2v) is 2.65. The zero-order chi connectivity index (χ0) is 8.85. The van der Waals surface area contributed by atoms with Crippen LogP contribution < -0.4 is 5.73 Å². The van der Waals surface area contributed by atoms with Gasteiger partial charge in [0.05, 0.1) is 0 Å². The molecule has 3 nitrogen and oxygen atoms in total. The first-order valence-electron chi connectivity index (χ1n) is 4.04. The van der Waals surface area contributed by atoms with Gasteiger partial charge in [-0.05, 0) is 12.8 Å². The minimum atomic E-state index is -0.428. The van der Waals surface area contributed by atoms with E-state index in [9.17, 15) is 4.79 Å². The van der Waals surface area contributed by atoms with Crippen LogP contribution in [0.25, 0.3) is 0 Å². The fraction of sp³-hybridized carbons (Fsp3) is 0.875. The van der Waals surface area contributed by atoms with Crippen molar-refractivity contribution in [2.45, 2.75) is 39.8 Å².